The molecule has 0 amide bonds. The third-order valence-electron chi connectivity index (χ3n) is 1.93. The van der Waals surface area contributed by atoms with Crippen LogP contribution in [-0.2, 0) is 0 Å². The van der Waals surface area contributed by atoms with E-state index in [1.54, 1.807) is 7.05 Å². The van der Waals surface area contributed by atoms with Gasteiger partial charge in [-0.1, -0.05) is 12.8 Å². The average Bonchev–Trinajstić information content (AvgIpc) is 2.22. The van der Waals surface area contributed by atoms with E-state index in [9.17, 15) is 0 Å². The Morgan fingerprint density at radius 1 is 1.29 bits per heavy atom. The number of guanidine groups is 1. The monoisotopic (exact) mass is 218 g/mol. The van der Waals surface area contributed by atoms with Crippen molar-refractivity contribution < 1.29 is 0 Å². The Hall–Kier alpha value is -0.420. The summed E-state index contributed by atoms with van der Waals surface area (Å²) in [5.41, 5.74) is 2.50. The normalized spacial score (nSPS) is 11.5. The van der Waals surface area contributed by atoms with Gasteiger partial charge < -0.3 is 5.32 Å². The number of hydrogen-bond donors (Lipinski definition) is 3. The maximum absolute atomic E-state index is 5.22. The van der Waals surface area contributed by atoms with Gasteiger partial charge in [0.2, 0.25) is 5.96 Å². The Kier molecular flexibility index (Phi) is 10.3. The summed E-state index contributed by atoms with van der Waals surface area (Å²) in [6.07, 6.45) is 7.24. The largest absolute Gasteiger partial charge is 0.355 e. The van der Waals surface area contributed by atoms with Gasteiger partial charge in [0.15, 0.2) is 0 Å². The highest BCUT2D eigenvalue weighted by atomic mass is 32.2. The molecule has 0 bridgehead atoms. The summed E-state index contributed by atoms with van der Waals surface area (Å²) in [4.78, 5) is 3.92. The van der Waals surface area contributed by atoms with Crippen molar-refractivity contribution in [1.82, 2.24) is 10.7 Å². The highest BCUT2D eigenvalue weighted by Gasteiger charge is 1.93. The predicted octanol–water partition coefficient (Wildman–Crippen LogP) is 0.948. The van der Waals surface area contributed by atoms with Crippen LogP contribution in [0, 0.1) is 0 Å². The number of nitrogens with one attached hydrogen (secondary N) is 2. The van der Waals surface area contributed by atoms with Crippen LogP contribution in [0.25, 0.3) is 0 Å². The van der Waals surface area contributed by atoms with Crippen molar-refractivity contribution in [2.75, 3.05) is 25.6 Å². The van der Waals surface area contributed by atoms with Gasteiger partial charge in [-0.3, -0.25) is 10.4 Å². The topological polar surface area (TPSA) is 62.4 Å². The molecule has 4 nitrogen and oxygen atoms in total. The van der Waals surface area contributed by atoms with Crippen LogP contribution in [0.2, 0.25) is 0 Å². The van der Waals surface area contributed by atoms with Crippen LogP contribution in [-0.4, -0.2) is 31.6 Å². The zero-order chi connectivity index (χ0) is 10.6. The molecular formula is C9H22N4S. The van der Waals surface area contributed by atoms with E-state index in [-0.39, 0.29) is 0 Å². The summed E-state index contributed by atoms with van der Waals surface area (Å²) in [6.45, 7) is 0.941. The van der Waals surface area contributed by atoms with Gasteiger partial charge in [0.25, 0.3) is 0 Å². The minimum atomic E-state index is 0.661. The van der Waals surface area contributed by atoms with E-state index in [1.807, 2.05) is 11.8 Å². The minimum Gasteiger partial charge on any atom is -0.355 e. The molecule has 0 aromatic rings. The summed E-state index contributed by atoms with van der Waals surface area (Å²) in [6, 6.07) is 0. The van der Waals surface area contributed by atoms with Gasteiger partial charge in [0.1, 0.15) is 0 Å². The zero-order valence-electron chi connectivity index (χ0n) is 9.18. The number of unbranched alkanes of at least 4 members (excludes halogenated alkanes) is 3. The standard InChI is InChI=1S/C9H22N4S/c1-11-9(13-10)12-7-5-3-4-6-8-14-2/h3-8,10H2,1-2H3,(H2,11,12,13). The van der Waals surface area contributed by atoms with Crippen molar-refractivity contribution >= 4 is 17.7 Å². The van der Waals surface area contributed by atoms with Gasteiger partial charge in [-0.2, -0.15) is 11.8 Å². The van der Waals surface area contributed by atoms with E-state index >= 15 is 0 Å². The number of nitrogens with two attached hydrogens (primary N) is 1. The Morgan fingerprint density at radius 3 is 2.57 bits per heavy atom. The third-order valence-corrected chi connectivity index (χ3v) is 2.62. The summed E-state index contributed by atoms with van der Waals surface area (Å²) < 4.78 is 0. The Morgan fingerprint density at radius 2 is 2.00 bits per heavy atom. The number of nitrogens with zero attached hydrogens (tertiary/aromatic N) is 1. The van der Waals surface area contributed by atoms with Gasteiger partial charge >= 0.3 is 0 Å². The van der Waals surface area contributed by atoms with Gasteiger partial charge in [0, 0.05) is 13.6 Å². The molecule has 0 radical (unpaired) electrons. The molecule has 0 fully saturated rings. The van der Waals surface area contributed by atoms with Gasteiger partial charge in [-0.15, -0.1) is 0 Å². The van der Waals surface area contributed by atoms with E-state index < -0.39 is 0 Å². The first-order valence-electron chi connectivity index (χ1n) is 5.01. The lowest BCUT2D eigenvalue weighted by molar-refractivity contribution is 0.651. The molecule has 0 heterocycles. The minimum absolute atomic E-state index is 0.661. The molecular weight excluding hydrogens is 196 g/mol. The zero-order valence-corrected chi connectivity index (χ0v) is 9.99. The maximum atomic E-state index is 5.22. The molecule has 0 saturated heterocycles. The van der Waals surface area contributed by atoms with Crippen molar-refractivity contribution in [3.05, 3.63) is 0 Å². The summed E-state index contributed by atoms with van der Waals surface area (Å²) in [7, 11) is 1.71. The molecule has 14 heavy (non-hydrogen) atoms. The fourth-order valence-electron chi connectivity index (χ4n) is 1.13. The molecule has 0 atom stereocenters. The number of hydrazine groups is 1. The van der Waals surface area contributed by atoms with Gasteiger partial charge in [0.05, 0.1) is 0 Å². The van der Waals surface area contributed by atoms with Crippen LogP contribution in [0.3, 0.4) is 0 Å². The fraction of sp³-hybridized carbons (Fsp3) is 0.889. The molecule has 0 saturated carbocycles. The molecule has 5 heteroatoms. The first-order valence-corrected chi connectivity index (χ1v) is 6.40. The van der Waals surface area contributed by atoms with E-state index in [0.717, 1.165) is 6.54 Å². The Labute approximate surface area is 91.1 Å². The van der Waals surface area contributed by atoms with Crippen LogP contribution >= 0.6 is 11.8 Å². The van der Waals surface area contributed by atoms with Crippen molar-refractivity contribution in [1.29, 1.82) is 0 Å². The van der Waals surface area contributed by atoms with Crippen LogP contribution in [0.5, 0.6) is 0 Å². The second kappa shape index (κ2) is 10.7. The van der Waals surface area contributed by atoms with E-state index in [1.165, 1.54) is 31.4 Å². The molecule has 84 valence electrons. The quantitative estimate of drug-likeness (QED) is 0.196. The van der Waals surface area contributed by atoms with Crippen molar-refractivity contribution in [2.24, 2.45) is 10.8 Å². The molecule has 0 spiro atoms. The SMILES string of the molecule is CN=C(NN)NCCCCCCSC. The van der Waals surface area contributed by atoms with Crippen molar-refractivity contribution in [2.45, 2.75) is 25.7 Å². The fourth-order valence-corrected chi connectivity index (χ4v) is 1.62. The highest BCUT2D eigenvalue weighted by molar-refractivity contribution is 7.98. The summed E-state index contributed by atoms with van der Waals surface area (Å²) >= 11 is 1.92. The lowest BCUT2D eigenvalue weighted by Gasteiger charge is -2.07. The molecule has 0 unspecified atom stereocenters. The molecule has 0 aromatic carbocycles. The predicted molar refractivity (Wildman–Crippen MR) is 65.5 cm³/mol. The number of rotatable bonds is 7. The smallest absolute Gasteiger partial charge is 0.205 e. The molecule has 0 aliphatic heterocycles. The van der Waals surface area contributed by atoms with Crippen LogP contribution in [0.4, 0.5) is 0 Å². The first-order chi connectivity index (χ1) is 6.85. The van der Waals surface area contributed by atoms with Crippen molar-refractivity contribution in [3.63, 3.8) is 0 Å². The van der Waals surface area contributed by atoms with Crippen LogP contribution in [0.1, 0.15) is 25.7 Å². The maximum Gasteiger partial charge on any atom is 0.205 e. The number of hydrogen-bond acceptors (Lipinski definition) is 3. The first kappa shape index (κ1) is 13.6. The Balaban J connectivity index is 3.13. The molecule has 0 aliphatic carbocycles. The van der Waals surface area contributed by atoms with Crippen LogP contribution in [0.15, 0.2) is 4.99 Å². The van der Waals surface area contributed by atoms with E-state index in [4.69, 9.17) is 5.84 Å². The highest BCUT2D eigenvalue weighted by Crippen LogP contribution is 2.03. The molecule has 0 aliphatic rings. The third kappa shape index (κ3) is 8.19. The molecule has 0 rings (SSSR count). The number of thioether (sulfide) groups is 1. The van der Waals surface area contributed by atoms with E-state index in [2.05, 4.69) is 22.0 Å². The lowest BCUT2D eigenvalue weighted by Crippen LogP contribution is -2.41. The van der Waals surface area contributed by atoms with Gasteiger partial charge in [-0.25, -0.2) is 5.84 Å². The second-order valence-corrected chi connectivity index (χ2v) is 4.04. The van der Waals surface area contributed by atoms with Gasteiger partial charge in [-0.05, 0) is 24.9 Å². The summed E-state index contributed by atoms with van der Waals surface area (Å²) in [5.74, 6) is 7.16. The molecule has 4 N–H and O–H groups in total. The van der Waals surface area contributed by atoms with E-state index in [0.29, 0.717) is 5.96 Å². The average molecular weight is 218 g/mol. The van der Waals surface area contributed by atoms with Crippen molar-refractivity contribution in [3.8, 4) is 0 Å². The lowest BCUT2D eigenvalue weighted by atomic mass is 10.2. The second-order valence-electron chi connectivity index (χ2n) is 3.05. The summed E-state index contributed by atoms with van der Waals surface area (Å²) in [5, 5.41) is 3.12. The van der Waals surface area contributed by atoms with Crippen LogP contribution < -0.4 is 16.6 Å². The Bertz CT molecular complexity index is 150. The number of aliphatic imine (C=N–C) groups is 1. The molecule has 0 aromatic heterocycles.